The number of rotatable bonds is 4. The second-order valence-corrected chi connectivity index (χ2v) is 5.05. The summed E-state index contributed by atoms with van der Waals surface area (Å²) in [4.78, 5) is 15.2. The molecule has 0 aliphatic heterocycles. The van der Waals surface area contributed by atoms with Gasteiger partial charge in [-0.1, -0.05) is 13.8 Å². The molecule has 0 amide bonds. The normalized spacial score (nSPS) is 12.9. The molecule has 0 radical (unpaired) electrons. The van der Waals surface area contributed by atoms with E-state index >= 15 is 0 Å². The molecule has 3 rings (SSSR count). The molecule has 3 heterocycles. The lowest BCUT2D eigenvalue weighted by atomic mass is 10.2. The largest absolute Gasteiger partial charge is 0.463 e. The predicted molar refractivity (Wildman–Crippen MR) is 76.4 cm³/mol. The van der Waals surface area contributed by atoms with E-state index in [4.69, 9.17) is 9.15 Å². The molecule has 20 heavy (non-hydrogen) atoms. The van der Waals surface area contributed by atoms with Crippen LogP contribution in [0.1, 0.15) is 32.0 Å². The van der Waals surface area contributed by atoms with Crippen LogP contribution in [0.3, 0.4) is 0 Å². The van der Waals surface area contributed by atoms with E-state index in [-0.39, 0.29) is 19.5 Å². The fourth-order valence-corrected chi connectivity index (χ4v) is 2.19. The highest BCUT2D eigenvalue weighted by atomic mass is 16.6. The Balaban J connectivity index is 0.00000161. The van der Waals surface area contributed by atoms with E-state index in [1.807, 2.05) is 42.9 Å². The highest BCUT2D eigenvalue weighted by molar-refractivity contribution is 5.93. The first-order chi connectivity index (χ1) is 9.65. The Kier molecular flexibility index (Phi) is 3.10. The van der Waals surface area contributed by atoms with Crippen molar-refractivity contribution in [1.82, 2.24) is 9.55 Å². The molecule has 5 heteroatoms. The summed E-state index contributed by atoms with van der Waals surface area (Å²) in [7, 11) is 0. The number of fused-ring (bicyclic) bond motifs is 1. The Hall–Kier alpha value is -2.43. The minimum Gasteiger partial charge on any atom is -0.463 e. The van der Waals surface area contributed by atoms with Crippen molar-refractivity contribution in [2.24, 2.45) is 5.92 Å². The summed E-state index contributed by atoms with van der Waals surface area (Å²) in [6.07, 6.45) is 5.02. The van der Waals surface area contributed by atoms with Gasteiger partial charge in [0.1, 0.15) is 5.69 Å². The summed E-state index contributed by atoms with van der Waals surface area (Å²) in [6.45, 7) is 4.02. The number of aromatic amines is 1. The molecule has 1 unspecified atom stereocenters. The van der Waals surface area contributed by atoms with Crippen molar-refractivity contribution in [2.75, 3.05) is 0 Å². The van der Waals surface area contributed by atoms with Gasteiger partial charge in [-0.05, 0) is 12.1 Å². The first-order valence-corrected chi connectivity index (χ1v) is 6.55. The van der Waals surface area contributed by atoms with Crippen LogP contribution < -0.4 is 0 Å². The number of carbonyl (C=O) groups is 1. The van der Waals surface area contributed by atoms with E-state index in [1.54, 1.807) is 18.4 Å². The maximum absolute atomic E-state index is 12.2. The van der Waals surface area contributed by atoms with Crippen LogP contribution >= 0.6 is 0 Å². The van der Waals surface area contributed by atoms with Crippen molar-refractivity contribution >= 4 is 17.1 Å². The molecule has 1 N–H and O–H groups in total. The van der Waals surface area contributed by atoms with Crippen molar-refractivity contribution in [3.05, 3.63) is 48.6 Å². The molecule has 0 aromatic carbocycles. The van der Waals surface area contributed by atoms with Gasteiger partial charge in [-0.15, -0.1) is 0 Å². The summed E-state index contributed by atoms with van der Waals surface area (Å²) in [6, 6.07) is 7.25. The van der Waals surface area contributed by atoms with Crippen LogP contribution in [-0.2, 0) is 4.74 Å². The van der Waals surface area contributed by atoms with Gasteiger partial charge in [-0.25, -0.2) is 4.79 Å². The SMILES string of the molecule is CC(C)C(OC(=O)c1cc2occc2[nH]1)n1cccc1.[HH]. The minimum absolute atomic E-state index is 0. The maximum Gasteiger partial charge on any atom is 0.356 e. The van der Waals surface area contributed by atoms with Crippen molar-refractivity contribution < 1.29 is 15.4 Å². The Labute approximate surface area is 117 Å². The predicted octanol–water partition coefficient (Wildman–Crippen LogP) is 3.82. The highest BCUT2D eigenvalue weighted by Crippen LogP contribution is 2.23. The second-order valence-electron chi connectivity index (χ2n) is 5.05. The Morgan fingerprint density at radius 1 is 1.40 bits per heavy atom. The van der Waals surface area contributed by atoms with E-state index in [9.17, 15) is 4.79 Å². The van der Waals surface area contributed by atoms with Gasteiger partial charge in [-0.3, -0.25) is 0 Å². The van der Waals surface area contributed by atoms with Crippen LogP contribution in [0.4, 0.5) is 0 Å². The van der Waals surface area contributed by atoms with Crippen molar-refractivity contribution in [3.63, 3.8) is 0 Å². The van der Waals surface area contributed by atoms with Crippen LogP contribution in [-0.4, -0.2) is 15.5 Å². The van der Waals surface area contributed by atoms with Gasteiger partial charge in [0.2, 0.25) is 0 Å². The minimum atomic E-state index is -0.385. The lowest BCUT2D eigenvalue weighted by Gasteiger charge is -2.22. The number of nitrogens with zero attached hydrogens (tertiary/aromatic N) is 1. The topological polar surface area (TPSA) is 60.2 Å². The Morgan fingerprint density at radius 3 is 2.80 bits per heavy atom. The van der Waals surface area contributed by atoms with E-state index in [0.29, 0.717) is 11.3 Å². The highest BCUT2D eigenvalue weighted by Gasteiger charge is 2.21. The number of carbonyl (C=O) groups excluding carboxylic acids is 1. The number of furan rings is 1. The van der Waals surface area contributed by atoms with E-state index in [0.717, 1.165) is 5.52 Å². The molecule has 0 aliphatic rings. The van der Waals surface area contributed by atoms with Gasteiger partial charge < -0.3 is 18.7 Å². The van der Waals surface area contributed by atoms with Crippen molar-refractivity contribution in [3.8, 4) is 0 Å². The summed E-state index contributed by atoms with van der Waals surface area (Å²) in [5.74, 6) is -0.215. The average Bonchev–Trinajstić information content (AvgIpc) is 3.10. The smallest absolute Gasteiger partial charge is 0.356 e. The van der Waals surface area contributed by atoms with Gasteiger partial charge in [0.25, 0.3) is 0 Å². The number of esters is 1. The Bertz CT molecular complexity index is 684. The van der Waals surface area contributed by atoms with Crippen LogP contribution in [0.25, 0.3) is 11.1 Å². The fraction of sp³-hybridized carbons (Fsp3) is 0.267. The molecule has 0 fully saturated rings. The molecule has 0 spiro atoms. The van der Waals surface area contributed by atoms with E-state index in [2.05, 4.69) is 4.98 Å². The van der Waals surface area contributed by atoms with Gasteiger partial charge in [0.15, 0.2) is 11.8 Å². The lowest BCUT2D eigenvalue weighted by Crippen LogP contribution is -2.21. The van der Waals surface area contributed by atoms with Crippen LogP contribution in [0.5, 0.6) is 0 Å². The third-order valence-electron chi connectivity index (χ3n) is 3.18. The van der Waals surface area contributed by atoms with Crippen LogP contribution in [0, 0.1) is 5.92 Å². The fourth-order valence-electron chi connectivity index (χ4n) is 2.19. The molecule has 5 nitrogen and oxygen atoms in total. The second kappa shape index (κ2) is 4.92. The van der Waals surface area contributed by atoms with Crippen LogP contribution in [0.2, 0.25) is 0 Å². The average molecular weight is 274 g/mol. The summed E-state index contributed by atoms with van der Waals surface area (Å²) in [5, 5.41) is 0. The van der Waals surface area contributed by atoms with Crippen molar-refractivity contribution in [2.45, 2.75) is 20.1 Å². The molecule has 0 saturated heterocycles. The molecule has 106 valence electrons. The first-order valence-electron chi connectivity index (χ1n) is 6.55. The van der Waals surface area contributed by atoms with E-state index < -0.39 is 0 Å². The summed E-state index contributed by atoms with van der Waals surface area (Å²) >= 11 is 0. The molecule has 0 aliphatic carbocycles. The number of ether oxygens (including phenoxy) is 1. The first kappa shape index (κ1) is 12.6. The molecule has 3 aromatic heterocycles. The zero-order valence-corrected chi connectivity index (χ0v) is 11.4. The summed E-state index contributed by atoms with van der Waals surface area (Å²) < 4.78 is 12.7. The molecule has 0 bridgehead atoms. The zero-order valence-electron chi connectivity index (χ0n) is 11.4. The summed E-state index contributed by atoms with van der Waals surface area (Å²) in [5.41, 5.74) is 1.84. The standard InChI is InChI=1S/C15H16N2O3.H2/c1-10(2)14(17-6-3-4-7-17)20-15(18)12-9-13-11(16-12)5-8-19-13;/h3-10,14,16H,1-2H3;1H. The molecule has 1 atom stereocenters. The van der Waals surface area contributed by atoms with Gasteiger partial charge in [-0.2, -0.15) is 0 Å². The third-order valence-corrected chi connectivity index (χ3v) is 3.18. The number of hydrogen-bond donors (Lipinski definition) is 1. The molecule has 0 saturated carbocycles. The van der Waals surface area contributed by atoms with Gasteiger partial charge in [0, 0.05) is 31.9 Å². The molecular weight excluding hydrogens is 256 g/mol. The van der Waals surface area contributed by atoms with Gasteiger partial charge in [0.05, 0.1) is 11.8 Å². The number of H-pyrrole nitrogens is 1. The zero-order chi connectivity index (χ0) is 14.1. The quantitative estimate of drug-likeness (QED) is 0.736. The lowest BCUT2D eigenvalue weighted by molar-refractivity contribution is -0.00949. The van der Waals surface area contributed by atoms with Crippen molar-refractivity contribution in [1.29, 1.82) is 0 Å². The maximum atomic E-state index is 12.2. The number of nitrogens with one attached hydrogen (secondary N) is 1. The number of aromatic nitrogens is 2. The van der Waals surface area contributed by atoms with Gasteiger partial charge >= 0.3 is 5.97 Å². The third kappa shape index (κ3) is 2.22. The molecule has 3 aromatic rings. The molecular formula is C15H18N2O3. The Morgan fingerprint density at radius 2 is 2.15 bits per heavy atom. The monoisotopic (exact) mass is 274 g/mol. The van der Waals surface area contributed by atoms with Crippen LogP contribution in [0.15, 0.2) is 47.3 Å². The number of hydrogen-bond acceptors (Lipinski definition) is 3. The van der Waals surface area contributed by atoms with E-state index in [1.165, 1.54) is 0 Å².